The average molecular weight is 429 g/mol. The first kappa shape index (κ1) is 20.4. The van der Waals surface area contributed by atoms with Crippen LogP contribution in [-0.2, 0) is 0 Å². The van der Waals surface area contributed by atoms with Gasteiger partial charge in [-0.15, -0.1) is 0 Å². The summed E-state index contributed by atoms with van der Waals surface area (Å²) in [6, 6.07) is 0.813. The number of anilines is 1. The van der Waals surface area contributed by atoms with Crippen molar-refractivity contribution in [2.45, 2.75) is 13.0 Å². The van der Waals surface area contributed by atoms with Crippen molar-refractivity contribution in [3.63, 3.8) is 0 Å². The minimum atomic E-state index is -1.37. The summed E-state index contributed by atoms with van der Waals surface area (Å²) >= 11 is 0. The summed E-state index contributed by atoms with van der Waals surface area (Å²) < 4.78 is 22.7. The molecule has 31 heavy (non-hydrogen) atoms. The third kappa shape index (κ3) is 3.19. The van der Waals surface area contributed by atoms with Gasteiger partial charge in [0.1, 0.15) is 17.9 Å². The number of ether oxygens (including phenoxy) is 1. The molecule has 11 nitrogen and oxygen atoms in total. The SMILES string of the molecule is CC1COc2c(N3CCN(N(C#N)C(=N)N)CC3)c(F)cc3c(=O)c(C(=O)O)cn1c23. The number of nitrogens with two attached hydrogens (primary N) is 1. The smallest absolute Gasteiger partial charge is 0.341 e. The van der Waals surface area contributed by atoms with Crippen LogP contribution in [0.15, 0.2) is 17.1 Å². The Morgan fingerprint density at radius 3 is 2.68 bits per heavy atom. The molecule has 0 bridgehead atoms. The Kier molecular flexibility index (Phi) is 4.90. The fourth-order valence-electron chi connectivity index (χ4n) is 4.05. The summed E-state index contributed by atoms with van der Waals surface area (Å²) in [6.07, 6.45) is 3.11. The molecule has 2 aliphatic rings. The zero-order chi connectivity index (χ0) is 22.4. The zero-order valence-electron chi connectivity index (χ0n) is 16.6. The Balaban J connectivity index is 1.80. The van der Waals surface area contributed by atoms with Gasteiger partial charge < -0.3 is 25.0 Å². The van der Waals surface area contributed by atoms with Gasteiger partial charge in [0.25, 0.3) is 0 Å². The van der Waals surface area contributed by atoms with Crippen LogP contribution in [-0.4, -0.2) is 64.4 Å². The number of carboxylic acid groups (broad SMARTS) is 1. The summed E-state index contributed by atoms with van der Waals surface area (Å²) in [5.41, 5.74) is 4.77. The van der Waals surface area contributed by atoms with E-state index in [-0.39, 0.29) is 29.5 Å². The van der Waals surface area contributed by atoms with E-state index in [0.29, 0.717) is 31.7 Å². The third-order valence-corrected chi connectivity index (χ3v) is 5.55. The Hall–Kier alpha value is -3.85. The van der Waals surface area contributed by atoms with Crippen LogP contribution in [0.3, 0.4) is 0 Å². The Labute approximate surface area is 175 Å². The normalized spacial score (nSPS) is 18.4. The molecule has 0 saturated carbocycles. The lowest BCUT2D eigenvalue weighted by Gasteiger charge is -2.40. The minimum absolute atomic E-state index is 0.0476. The number of halogens is 1. The van der Waals surface area contributed by atoms with Crippen LogP contribution in [0.25, 0.3) is 10.9 Å². The van der Waals surface area contributed by atoms with Crippen molar-refractivity contribution in [1.82, 2.24) is 14.6 Å². The van der Waals surface area contributed by atoms with E-state index in [1.807, 2.05) is 13.1 Å². The van der Waals surface area contributed by atoms with E-state index in [1.165, 1.54) is 6.20 Å². The maximum absolute atomic E-state index is 15.2. The molecule has 4 N–H and O–H groups in total. The molecule has 162 valence electrons. The van der Waals surface area contributed by atoms with Crippen LogP contribution in [0.2, 0.25) is 0 Å². The molecule has 4 rings (SSSR count). The number of pyridine rings is 1. The van der Waals surface area contributed by atoms with Crippen LogP contribution >= 0.6 is 0 Å². The van der Waals surface area contributed by atoms with E-state index in [2.05, 4.69) is 0 Å². The van der Waals surface area contributed by atoms with E-state index < -0.39 is 28.7 Å². The first-order valence-electron chi connectivity index (χ1n) is 9.55. The number of nitrogens with zero attached hydrogens (tertiary/aromatic N) is 5. The van der Waals surface area contributed by atoms with Crippen molar-refractivity contribution in [3.05, 3.63) is 33.9 Å². The topological polar surface area (TPSA) is 152 Å². The van der Waals surface area contributed by atoms with Gasteiger partial charge in [-0.05, 0) is 13.0 Å². The minimum Gasteiger partial charge on any atom is -0.487 e. The first-order valence-corrected chi connectivity index (χ1v) is 9.55. The second-order valence-corrected chi connectivity index (χ2v) is 7.41. The Bertz CT molecular complexity index is 1200. The average Bonchev–Trinajstić information content (AvgIpc) is 2.72. The van der Waals surface area contributed by atoms with Gasteiger partial charge in [-0.3, -0.25) is 10.2 Å². The van der Waals surface area contributed by atoms with Crippen LogP contribution in [0.5, 0.6) is 5.75 Å². The number of benzene rings is 1. The quantitative estimate of drug-likeness (QED) is 0.274. The second-order valence-electron chi connectivity index (χ2n) is 7.41. The molecule has 1 saturated heterocycles. The number of hydrazine groups is 1. The molecule has 1 aromatic carbocycles. The van der Waals surface area contributed by atoms with Crippen molar-refractivity contribution >= 4 is 28.5 Å². The van der Waals surface area contributed by atoms with E-state index in [9.17, 15) is 20.0 Å². The van der Waals surface area contributed by atoms with Gasteiger partial charge in [0.2, 0.25) is 17.6 Å². The molecular weight excluding hydrogens is 409 g/mol. The van der Waals surface area contributed by atoms with Crippen LogP contribution in [0, 0.1) is 22.7 Å². The van der Waals surface area contributed by atoms with Crippen molar-refractivity contribution < 1.29 is 19.0 Å². The van der Waals surface area contributed by atoms with E-state index in [1.54, 1.807) is 14.5 Å². The predicted molar refractivity (Wildman–Crippen MR) is 108 cm³/mol. The number of nitriles is 1. The number of nitrogens with one attached hydrogen (secondary N) is 1. The van der Waals surface area contributed by atoms with Gasteiger partial charge >= 0.3 is 5.97 Å². The molecule has 0 aliphatic carbocycles. The molecule has 0 amide bonds. The lowest BCUT2D eigenvalue weighted by atomic mass is 10.1. The van der Waals surface area contributed by atoms with Gasteiger partial charge in [-0.25, -0.2) is 14.2 Å². The molecule has 0 spiro atoms. The first-order chi connectivity index (χ1) is 14.7. The highest BCUT2D eigenvalue weighted by atomic mass is 19.1. The van der Waals surface area contributed by atoms with Crippen molar-refractivity contribution in [2.75, 3.05) is 37.7 Å². The van der Waals surface area contributed by atoms with Crippen molar-refractivity contribution in [2.24, 2.45) is 5.73 Å². The summed E-state index contributed by atoms with van der Waals surface area (Å²) in [5, 5.41) is 28.5. The summed E-state index contributed by atoms with van der Waals surface area (Å²) in [6.45, 7) is 3.26. The third-order valence-electron chi connectivity index (χ3n) is 5.55. The van der Waals surface area contributed by atoms with E-state index >= 15 is 4.39 Å². The molecule has 12 heteroatoms. The van der Waals surface area contributed by atoms with E-state index in [0.717, 1.165) is 11.1 Å². The molecule has 0 radical (unpaired) electrons. The number of rotatable bonds is 3. The standard InChI is InChI=1S/C19H20FN7O4/c1-10-8-31-17-14-11(16(28)12(18(29)30)7-26(10)14)6-13(20)15(17)24-2-4-25(5-3-24)27(9-21)19(22)23/h6-7,10H,2-5,8H2,1H3,(H3,22,23)(H,29,30). The van der Waals surface area contributed by atoms with Gasteiger partial charge in [-0.1, -0.05) is 0 Å². The Morgan fingerprint density at radius 2 is 2.10 bits per heavy atom. The highest BCUT2D eigenvalue weighted by Crippen LogP contribution is 2.42. The molecule has 2 aromatic rings. The van der Waals surface area contributed by atoms with E-state index in [4.69, 9.17) is 15.9 Å². The summed E-state index contributed by atoms with van der Waals surface area (Å²) in [4.78, 5) is 25.9. The number of carbonyl (C=O) groups is 1. The van der Waals surface area contributed by atoms with Crippen molar-refractivity contribution in [1.29, 1.82) is 10.7 Å². The lowest BCUT2D eigenvalue weighted by Crippen LogP contribution is -2.55. The lowest BCUT2D eigenvalue weighted by molar-refractivity contribution is 0.0694. The van der Waals surface area contributed by atoms with Crippen LogP contribution in [0.1, 0.15) is 23.3 Å². The predicted octanol–water partition coefficient (Wildman–Crippen LogP) is 0.506. The monoisotopic (exact) mass is 429 g/mol. The number of aromatic carboxylic acids is 1. The molecule has 1 aromatic heterocycles. The fourth-order valence-corrected chi connectivity index (χ4v) is 4.05. The van der Waals surface area contributed by atoms with Gasteiger partial charge in [0.05, 0.1) is 16.9 Å². The van der Waals surface area contributed by atoms with Gasteiger partial charge in [0.15, 0.2) is 11.6 Å². The maximum Gasteiger partial charge on any atom is 0.341 e. The zero-order valence-corrected chi connectivity index (χ0v) is 16.6. The van der Waals surface area contributed by atoms with Gasteiger partial charge in [0, 0.05) is 32.4 Å². The number of piperazine rings is 1. The van der Waals surface area contributed by atoms with Crippen molar-refractivity contribution in [3.8, 4) is 11.9 Å². The number of guanidine groups is 1. The molecule has 1 unspecified atom stereocenters. The molecular formula is C19H20FN7O4. The van der Waals surface area contributed by atoms with Gasteiger partial charge in [-0.2, -0.15) is 10.3 Å². The molecule has 2 aliphatic heterocycles. The largest absolute Gasteiger partial charge is 0.487 e. The molecule has 1 fully saturated rings. The molecule has 1 atom stereocenters. The number of hydrogen-bond donors (Lipinski definition) is 3. The van der Waals surface area contributed by atoms with Crippen LogP contribution < -0.4 is 20.8 Å². The maximum atomic E-state index is 15.2. The Morgan fingerprint density at radius 1 is 1.42 bits per heavy atom. The summed E-state index contributed by atoms with van der Waals surface area (Å²) in [5.74, 6) is -2.28. The van der Waals surface area contributed by atoms with Crippen LogP contribution in [0.4, 0.5) is 10.1 Å². The second kappa shape index (κ2) is 7.44. The number of aromatic nitrogens is 1. The molecule has 3 heterocycles. The summed E-state index contributed by atoms with van der Waals surface area (Å²) in [7, 11) is 0. The fraction of sp³-hybridized carbons (Fsp3) is 0.368. The number of hydrogen-bond acceptors (Lipinski definition) is 7. The highest BCUT2D eigenvalue weighted by Gasteiger charge is 2.32. The number of carboxylic acids is 1. The highest BCUT2D eigenvalue weighted by molar-refractivity contribution is 5.97.